The van der Waals surface area contributed by atoms with Crippen LogP contribution in [0, 0.1) is 5.92 Å². The Morgan fingerprint density at radius 3 is 2.81 bits per heavy atom. The average molecular weight is 389 g/mol. The number of esters is 1. The molecule has 0 aromatic carbocycles. The predicted molar refractivity (Wildman–Crippen MR) is 88.9 cm³/mol. The number of rotatable bonds is 3. The normalized spacial score (nSPS) is 18.3. The number of fused-ring (bicyclic) bond motifs is 1. The zero-order chi connectivity index (χ0) is 19.1. The Kier molecular flexibility index (Phi) is 4.96. The van der Waals surface area contributed by atoms with Crippen molar-refractivity contribution in [2.45, 2.75) is 25.9 Å². The van der Waals surface area contributed by atoms with Gasteiger partial charge in [-0.05, 0) is 25.8 Å². The van der Waals surface area contributed by atoms with Crippen LogP contribution in [-0.2, 0) is 22.8 Å². The molecule has 0 aliphatic carbocycles. The maximum Gasteiger partial charge on any atom is 0.435 e. The lowest BCUT2D eigenvalue weighted by atomic mass is 9.98. The number of carbonyl (C=O) groups excluding carboxylic acids is 2. The molecular formula is C16H18F3N3O3S. The average Bonchev–Trinajstić information content (AvgIpc) is 3.15. The van der Waals surface area contributed by atoms with Gasteiger partial charge < -0.3 is 9.64 Å². The molecule has 3 rings (SSSR count). The van der Waals surface area contributed by atoms with Gasteiger partial charge in [-0.3, -0.25) is 14.3 Å². The van der Waals surface area contributed by atoms with Crippen LogP contribution in [0.15, 0.2) is 6.07 Å². The third kappa shape index (κ3) is 3.42. The van der Waals surface area contributed by atoms with Crippen LogP contribution >= 0.6 is 11.3 Å². The molecule has 26 heavy (non-hydrogen) atoms. The molecule has 2 aromatic heterocycles. The van der Waals surface area contributed by atoms with Crippen molar-refractivity contribution in [3.8, 4) is 0 Å². The van der Waals surface area contributed by atoms with E-state index in [0.717, 1.165) is 16.0 Å². The molecule has 0 bridgehead atoms. The van der Waals surface area contributed by atoms with Crippen molar-refractivity contribution in [3.63, 3.8) is 0 Å². The number of piperidine rings is 1. The number of amides is 1. The van der Waals surface area contributed by atoms with Crippen molar-refractivity contribution in [1.29, 1.82) is 0 Å². The van der Waals surface area contributed by atoms with Crippen molar-refractivity contribution >= 4 is 33.4 Å². The summed E-state index contributed by atoms with van der Waals surface area (Å²) in [5.41, 5.74) is -0.992. The third-order valence-electron chi connectivity index (χ3n) is 4.32. The molecule has 0 unspecified atom stereocenters. The fourth-order valence-electron chi connectivity index (χ4n) is 3.13. The zero-order valence-corrected chi connectivity index (χ0v) is 15.1. The minimum atomic E-state index is -4.58. The number of ether oxygens (including phenoxy) is 1. The lowest BCUT2D eigenvalue weighted by Crippen LogP contribution is -2.42. The molecule has 0 radical (unpaired) electrons. The van der Waals surface area contributed by atoms with Crippen LogP contribution in [-0.4, -0.2) is 46.3 Å². The first-order valence-electron chi connectivity index (χ1n) is 8.22. The van der Waals surface area contributed by atoms with Crippen LogP contribution < -0.4 is 0 Å². The molecule has 1 aliphatic heterocycles. The van der Waals surface area contributed by atoms with E-state index in [4.69, 9.17) is 4.74 Å². The molecule has 1 saturated heterocycles. The summed E-state index contributed by atoms with van der Waals surface area (Å²) in [4.78, 5) is 26.7. The molecule has 1 atom stereocenters. The summed E-state index contributed by atoms with van der Waals surface area (Å²) < 4.78 is 45.4. The molecule has 142 valence electrons. The minimum absolute atomic E-state index is 0.0766. The fourth-order valence-corrected chi connectivity index (χ4v) is 4.17. The largest absolute Gasteiger partial charge is 0.466 e. The molecule has 2 aromatic rings. The Morgan fingerprint density at radius 1 is 1.42 bits per heavy atom. The Hall–Kier alpha value is -2.10. The highest BCUT2D eigenvalue weighted by molar-refractivity contribution is 7.20. The van der Waals surface area contributed by atoms with Gasteiger partial charge in [-0.2, -0.15) is 18.3 Å². The van der Waals surface area contributed by atoms with Crippen molar-refractivity contribution in [2.24, 2.45) is 13.0 Å². The van der Waals surface area contributed by atoms with E-state index >= 15 is 0 Å². The van der Waals surface area contributed by atoms with E-state index in [0.29, 0.717) is 24.2 Å². The molecule has 1 amide bonds. The van der Waals surface area contributed by atoms with E-state index in [1.165, 1.54) is 18.0 Å². The first-order chi connectivity index (χ1) is 12.2. The number of carbonyl (C=O) groups is 2. The van der Waals surface area contributed by atoms with Gasteiger partial charge >= 0.3 is 12.1 Å². The van der Waals surface area contributed by atoms with Gasteiger partial charge in [0.1, 0.15) is 4.83 Å². The number of thiophene rings is 1. The van der Waals surface area contributed by atoms with Crippen LogP contribution in [0.5, 0.6) is 0 Å². The minimum Gasteiger partial charge on any atom is -0.466 e. The maximum absolute atomic E-state index is 13.1. The second-order valence-corrected chi connectivity index (χ2v) is 7.17. The van der Waals surface area contributed by atoms with Gasteiger partial charge in [0.15, 0.2) is 5.69 Å². The number of halogens is 3. The number of aromatic nitrogens is 2. The van der Waals surface area contributed by atoms with Gasteiger partial charge in [-0.15, -0.1) is 11.3 Å². The zero-order valence-electron chi connectivity index (χ0n) is 14.3. The molecule has 6 nitrogen and oxygen atoms in total. The molecule has 1 aliphatic rings. The van der Waals surface area contributed by atoms with Gasteiger partial charge in [-0.1, -0.05) is 0 Å². The van der Waals surface area contributed by atoms with E-state index in [1.807, 2.05) is 0 Å². The van der Waals surface area contributed by atoms with E-state index in [2.05, 4.69) is 5.10 Å². The quantitative estimate of drug-likeness (QED) is 0.757. The van der Waals surface area contributed by atoms with Crippen molar-refractivity contribution < 1.29 is 27.5 Å². The Morgan fingerprint density at radius 2 is 2.15 bits per heavy atom. The van der Waals surface area contributed by atoms with Crippen LogP contribution in [0.1, 0.15) is 35.1 Å². The van der Waals surface area contributed by atoms with Crippen molar-refractivity contribution in [1.82, 2.24) is 14.7 Å². The van der Waals surface area contributed by atoms with Gasteiger partial charge in [0.05, 0.1) is 17.4 Å². The molecule has 0 N–H and O–H groups in total. The van der Waals surface area contributed by atoms with E-state index in [-0.39, 0.29) is 35.3 Å². The van der Waals surface area contributed by atoms with Crippen molar-refractivity contribution in [3.05, 3.63) is 16.6 Å². The molecular weight excluding hydrogens is 371 g/mol. The topological polar surface area (TPSA) is 64.4 Å². The number of likely N-dealkylation sites (tertiary alicyclic amines) is 1. The fraction of sp³-hybridized carbons (Fsp3) is 0.562. The summed E-state index contributed by atoms with van der Waals surface area (Å²) in [5, 5.41) is 3.43. The number of hydrogen-bond acceptors (Lipinski definition) is 5. The predicted octanol–water partition coefficient (Wildman–Crippen LogP) is 3.07. The van der Waals surface area contributed by atoms with Crippen LogP contribution in [0.25, 0.3) is 10.2 Å². The van der Waals surface area contributed by atoms with Crippen molar-refractivity contribution in [2.75, 3.05) is 19.7 Å². The molecule has 0 saturated carbocycles. The second kappa shape index (κ2) is 6.90. The summed E-state index contributed by atoms with van der Waals surface area (Å²) in [7, 11) is 1.42. The van der Waals surface area contributed by atoms with Gasteiger partial charge in [0, 0.05) is 25.5 Å². The highest BCUT2D eigenvalue weighted by atomic mass is 32.1. The Balaban J connectivity index is 1.85. The van der Waals surface area contributed by atoms with E-state index in [1.54, 1.807) is 6.92 Å². The van der Waals surface area contributed by atoms with Crippen LogP contribution in [0.3, 0.4) is 0 Å². The Labute approximate surface area is 151 Å². The van der Waals surface area contributed by atoms with E-state index < -0.39 is 17.8 Å². The standard InChI is InChI=1S/C16H18F3N3O3S/c1-3-25-15(24)9-5-4-6-22(8-9)13(23)11-7-10-12(16(17,18)19)20-21(2)14(10)26-11/h7,9H,3-6,8H2,1-2H3/t9-/m1/s1. The SMILES string of the molecule is CCOC(=O)[C@@H]1CCCN(C(=O)c2cc3c(C(F)(F)F)nn(C)c3s2)C1. The lowest BCUT2D eigenvalue weighted by Gasteiger charge is -2.31. The first-order valence-corrected chi connectivity index (χ1v) is 9.03. The summed E-state index contributed by atoms with van der Waals surface area (Å²) in [6.07, 6.45) is -3.30. The summed E-state index contributed by atoms with van der Waals surface area (Å²) in [6.45, 7) is 2.67. The molecule has 10 heteroatoms. The second-order valence-electron chi connectivity index (χ2n) is 6.14. The van der Waals surface area contributed by atoms with Gasteiger partial charge in [0.25, 0.3) is 5.91 Å². The monoisotopic (exact) mass is 389 g/mol. The Bertz CT molecular complexity index is 843. The number of alkyl halides is 3. The number of aryl methyl sites for hydroxylation is 1. The van der Waals surface area contributed by atoms with E-state index in [9.17, 15) is 22.8 Å². The van der Waals surface area contributed by atoms with Gasteiger partial charge in [-0.25, -0.2) is 0 Å². The van der Waals surface area contributed by atoms with Gasteiger partial charge in [0.2, 0.25) is 0 Å². The number of nitrogens with zero attached hydrogens (tertiary/aromatic N) is 3. The smallest absolute Gasteiger partial charge is 0.435 e. The summed E-state index contributed by atoms with van der Waals surface area (Å²) in [5.74, 6) is -1.10. The summed E-state index contributed by atoms with van der Waals surface area (Å²) in [6, 6.07) is 1.24. The molecule has 1 fully saturated rings. The van der Waals surface area contributed by atoms with Crippen LogP contribution in [0.2, 0.25) is 0 Å². The number of hydrogen-bond donors (Lipinski definition) is 0. The molecule has 0 spiro atoms. The third-order valence-corrected chi connectivity index (χ3v) is 5.51. The maximum atomic E-state index is 13.1. The highest BCUT2D eigenvalue weighted by Crippen LogP contribution is 2.37. The first kappa shape index (κ1) is 18.7. The summed E-state index contributed by atoms with van der Waals surface area (Å²) >= 11 is 0.976. The highest BCUT2D eigenvalue weighted by Gasteiger charge is 2.38. The van der Waals surface area contributed by atoms with Crippen LogP contribution in [0.4, 0.5) is 13.2 Å². The lowest BCUT2D eigenvalue weighted by molar-refractivity contribution is -0.149. The molecule has 3 heterocycles.